The maximum atomic E-state index is 13.2. The van der Waals surface area contributed by atoms with E-state index in [1.54, 1.807) is 6.20 Å². The highest BCUT2D eigenvalue weighted by atomic mass is 35.5. The zero-order valence-electron chi connectivity index (χ0n) is 13.6. The molecule has 1 aliphatic carbocycles. The molecule has 0 radical (unpaired) electrons. The molecule has 1 aromatic heterocycles. The highest BCUT2D eigenvalue weighted by molar-refractivity contribution is 7.15. The van der Waals surface area contributed by atoms with E-state index in [9.17, 15) is 13.6 Å². The van der Waals surface area contributed by atoms with Crippen LogP contribution in [-0.4, -0.2) is 16.4 Å². The van der Waals surface area contributed by atoms with Crippen molar-refractivity contribution >= 4 is 34.8 Å². The van der Waals surface area contributed by atoms with E-state index < -0.39 is 17.2 Å². The lowest BCUT2D eigenvalue weighted by molar-refractivity contribution is -0.122. The molecule has 0 atom stereocenters. The Hall–Kier alpha value is -1.57. The van der Waals surface area contributed by atoms with E-state index in [1.807, 2.05) is 0 Å². The van der Waals surface area contributed by atoms with Crippen molar-refractivity contribution in [2.75, 3.05) is 5.32 Å². The number of nitrogens with two attached hydrogens (primary N) is 1. The molecule has 4 nitrogen and oxygen atoms in total. The summed E-state index contributed by atoms with van der Waals surface area (Å²) in [6, 6.07) is 3.81. The predicted octanol–water partition coefficient (Wildman–Crippen LogP) is 4.03. The highest BCUT2D eigenvalue weighted by Gasteiger charge is 2.35. The van der Waals surface area contributed by atoms with Gasteiger partial charge in [-0.15, -0.1) is 23.7 Å². The van der Waals surface area contributed by atoms with Gasteiger partial charge in [0.1, 0.15) is 0 Å². The normalized spacial score (nSPS) is 16.1. The number of amides is 1. The summed E-state index contributed by atoms with van der Waals surface area (Å²) >= 11 is 1.31. The molecule has 0 aliphatic heterocycles. The van der Waals surface area contributed by atoms with E-state index in [0.717, 1.165) is 30.2 Å². The number of hydrogen-bond acceptors (Lipinski definition) is 4. The maximum Gasteiger partial charge on any atom is 0.246 e. The van der Waals surface area contributed by atoms with Crippen LogP contribution >= 0.6 is 23.7 Å². The lowest BCUT2D eigenvalue weighted by Crippen LogP contribution is -2.52. The molecule has 0 bridgehead atoms. The number of carbonyl (C=O) groups is 1. The molecule has 1 amide bonds. The van der Waals surface area contributed by atoms with Crippen molar-refractivity contribution in [2.24, 2.45) is 5.73 Å². The average Bonchev–Trinajstić information content (AvgIpc) is 2.99. The van der Waals surface area contributed by atoms with E-state index in [-0.39, 0.29) is 18.3 Å². The van der Waals surface area contributed by atoms with Crippen molar-refractivity contribution in [1.82, 2.24) is 4.98 Å². The Morgan fingerprint density at radius 2 is 1.96 bits per heavy atom. The number of hydrogen-bond donors (Lipinski definition) is 2. The molecule has 136 valence electrons. The molecule has 1 aromatic carbocycles. The standard InChI is InChI=1S/C17H19F2N3OS.ClH/c18-13-5-4-11(9-14(13)19)8-12-10-21-16(24-12)22-15(23)17(20)6-2-1-3-7-17;/h4-5,9-10H,1-3,6-8,20H2,(H,21,22,23);1H. The van der Waals surface area contributed by atoms with Crippen molar-refractivity contribution < 1.29 is 13.6 Å². The first-order chi connectivity index (χ1) is 11.5. The number of anilines is 1. The third-order valence-corrected chi connectivity index (χ3v) is 5.25. The fraction of sp³-hybridized carbons (Fsp3) is 0.412. The fourth-order valence-electron chi connectivity index (χ4n) is 2.93. The lowest BCUT2D eigenvalue weighted by Gasteiger charge is -2.31. The molecule has 0 saturated heterocycles. The molecule has 3 N–H and O–H groups in total. The first-order valence-electron chi connectivity index (χ1n) is 7.95. The van der Waals surface area contributed by atoms with Crippen LogP contribution in [0, 0.1) is 11.6 Å². The van der Waals surface area contributed by atoms with Gasteiger partial charge in [-0.1, -0.05) is 25.3 Å². The number of nitrogens with zero attached hydrogens (tertiary/aromatic N) is 1. The van der Waals surface area contributed by atoms with Crippen LogP contribution in [0.3, 0.4) is 0 Å². The number of carbonyl (C=O) groups excluding carboxylic acids is 1. The second-order valence-corrected chi connectivity index (χ2v) is 7.34. The fourth-order valence-corrected chi connectivity index (χ4v) is 3.77. The minimum atomic E-state index is -0.868. The molecule has 25 heavy (non-hydrogen) atoms. The molecule has 3 rings (SSSR count). The molecular formula is C17H20ClF2N3OS. The Morgan fingerprint density at radius 1 is 1.24 bits per heavy atom. The number of aromatic nitrogens is 1. The third-order valence-electron chi connectivity index (χ3n) is 4.33. The minimum Gasteiger partial charge on any atom is -0.317 e. The Kier molecular flexibility index (Phi) is 6.48. The van der Waals surface area contributed by atoms with Gasteiger partial charge in [-0.3, -0.25) is 4.79 Å². The minimum absolute atomic E-state index is 0. The predicted molar refractivity (Wildman–Crippen MR) is 97.2 cm³/mol. The molecule has 2 aromatic rings. The SMILES string of the molecule is Cl.NC1(C(=O)Nc2ncc(Cc3ccc(F)c(F)c3)s2)CCCCC1. The van der Waals surface area contributed by atoms with Gasteiger partial charge in [0.05, 0.1) is 5.54 Å². The molecule has 1 saturated carbocycles. The topological polar surface area (TPSA) is 68.0 Å². The molecule has 0 unspecified atom stereocenters. The highest BCUT2D eigenvalue weighted by Crippen LogP contribution is 2.28. The molecule has 1 heterocycles. The maximum absolute atomic E-state index is 13.2. The van der Waals surface area contributed by atoms with E-state index in [4.69, 9.17) is 5.73 Å². The first kappa shape index (κ1) is 19.8. The van der Waals surface area contributed by atoms with E-state index in [2.05, 4.69) is 10.3 Å². The molecule has 0 spiro atoms. The number of nitrogens with one attached hydrogen (secondary N) is 1. The first-order valence-corrected chi connectivity index (χ1v) is 8.77. The summed E-state index contributed by atoms with van der Waals surface area (Å²) in [7, 11) is 0. The summed E-state index contributed by atoms with van der Waals surface area (Å²) in [5.74, 6) is -1.93. The van der Waals surface area contributed by atoms with Crippen LogP contribution in [0.25, 0.3) is 0 Å². The van der Waals surface area contributed by atoms with E-state index in [0.29, 0.717) is 30.0 Å². The summed E-state index contributed by atoms with van der Waals surface area (Å²) in [5, 5.41) is 3.27. The monoisotopic (exact) mass is 387 g/mol. The zero-order valence-corrected chi connectivity index (χ0v) is 15.2. The molecule has 1 fully saturated rings. The van der Waals surface area contributed by atoms with Crippen molar-refractivity contribution in [2.45, 2.75) is 44.1 Å². The van der Waals surface area contributed by atoms with Gasteiger partial charge in [0.2, 0.25) is 5.91 Å². The lowest BCUT2D eigenvalue weighted by atomic mass is 9.82. The number of benzene rings is 1. The van der Waals surface area contributed by atoms with Crippen LogP contribution in [0.2, 0.25) is 0 Å². The zero-order chi connectivity index (χ0) is 17.2. The second kappa shape index (κ2) is 8.21. The van der Waals surface area contributed by atoms with Gasteiger partial charge in [0, 0.05) is 17.5 Å². The van der Waals surface area contributed by atoms with Crippen LogP contribution in [0.1, 0.15) is 42.5 Å². The number of thiazole rings is 1. The van der Waals surface area contributed by atoms with Gasteiger partial charge in [-0.25, -0.2) is 13.8 Å². The van der Waals surface area contributed by atoms with Crippen molar-refractivity contribution in [3.8, 4) is 0 Å². The van der Waals surface area contributed by atoms with Crippen molar-refractivity contribution in [3.63, 3.8) is 0 Å². The van der Waals surface area contributed by atoms with Crippen LogP contribution < -0.4 is 11.1 Å². The van der Waals surface area contributed by atoms with Crippen molar-refractivity contribution in [3.05, 3.63) is 46.5 Å². The van der Waals surface area contributed by atoms with Gasteiger partial charge in [0.15, 0.2) is 16.8 Å². The largest absolute Gasteiger partial charge is 0.317 e. The Bertz CT molecular complexity index is 747. The van der Waals surface area contributed by atoms with Crippen molar-refractivity contribution in [1.29, 1.82) is 0 Å². The van der Waals surface area contributed by atoms with Crippen LogP contribution in [0.15, 0.2) is 24.4 Å². The van der Waals surface area contributed by atoms with Gasteiger partial charge >= 0.3 is 0 Å². The van der Waals surface area contributed by atoms with Gasteiger partial charge in [0.25, 0.3) is 0 Å². The number of halogens is 3. The second-order valence-electron chi connectivity index (χ2n) is 6.23. The Balaban J connectivity index is 0.00000225. The van der Waals surface area contributed by atoms with Gasteiger partial charge < -0.3 is 11.1 Å². The third kappa shape index (κ3) is 4.74. The molecule has 8 heteroatoms. The quantitative estimate of drug-likeness (QED) is 0.832. The Morgan fingerprint density at radius 3 is 2.64 bits per heavy atom. The van der Waals surface area contributed by atoms with Gasteiger partial charge in [-0.2, -0.15) is 0 Å². The van der Waals surface area contributed by atoms with Crippen LogP contribution in [0.5, 0.6) is 0 Å². The summed E-state index contributed by atoms with van der Waals surface area (Å²) in [6.07, 6.45) is 6.47. The average molecular weight is 388 g/mol. The summed E-state index contributed by atoms with van der Waals surface area (Å²) < 4.78 is 26.2. The smallest absolute Gasteiger partial charge is 0.246 e. The van der Waals surface area contributed by atoms with Crippen LogP contribution in [0.4, 0.5) is 13.9 Å². The van der Waals surface area contributed by atoms with E-state index >= 15 is 0 Å². The van der Waals surface area contributed by atoms with E-state index in [1.165, 1.54) is 23.5 Å². The summed E-state index contributed by atoms with van der Waals surface area (Å²) in [4.78, 5) is 17.4. The molecule has 1 aliphatic rings. The molecular weight excluding hydrogens is 368 g/mol. The van der Waals surface area contributed by atoms with Crippen LogP contribution in [-0.2, 0) is 11.2 Å². The van der Waals surface area contributed by atoms with Gasteiger partial charge in [-0.05, 0) is 30.5 Å². The Labute approximate surface area is 155 Å². The summed E-state index contributed by atoms with van der Waals surface area (Å²) in [5.41, 5.74) is 6.03. The summed E-state index contributed by atoms with van der Waals surface area (Å²) in [6.45, 7) is 0. The number of rotatable bonds is 4.